The highest BCUT2D eigenvalue weighted by Crippen LogP contribution is 2.21. The van der Waals surface area contributed by atoms with Gasteiger partial charge in [0.2, 0.25) is 11.8 Å². The molecule has 1 heterocycles. The second kappa shape index (κ2) is 9.83. The molecule has 10 nitrogen and oxygen atoms in total. The van der Waals surface area contributed by atoms with Gasteiger partial charge < -0.3 is 25.6 Å². The van der Waals surface area contributed by atoms with E-state index in [1.54, 1.807) is 24.3 Å². The number of anilines is 1. The van der Waals surface area contributed by atoms with E-state index in [1.807, 2.05) is 30.3 Å². The number of carboxylic acid groups (broad SMARTS) is 1. The maximum Gasteiger partial charge on any atom is 0.407 e. The normalized spacial score (nSPS) is 10.2. The predicted octanol–water partition coefficient (Wildman–Crippen LogP) is 2.41. The summed E-state index contributed by atoms with van der Waals surface area (Å²) in [6.07, 6.45) is 0.300. The lowest BCUT2D eigenvalue weighted by Crippen LogP contribution is -2.33. The van der Waals surface area contributed by atoms with Gasteiger partial charge in [0, 0.05) is 17.4 Å². The van der Waals surface area contributed by atoms with Crippen molar-refractivity contribution in [2.45, 2.75) is 6.61 Å². The first-order valence-electron chi connectivity index (χ1n) is 9.06. The van der Waals surface area contributed by atoms with Crippen LogP contribution < -0.4 is 10.6 Å². The monoisotopic (exact) mass is 422 g/mol. The van der Waals surface area contributed by atoms with Crippen molar-refractivity contribution in [3.8, 4) is 17.3 Å². The Bertz CT molecular complexity index is 1090. The number of alkyl carbamates (subject to hydrolysis) is 1. The zero-order chi connectivity index (χ0) is 22.2. The van der Waals surface area contributed by atoms with Crippen LogP contribution in [0.4, 0.5) is 10.5 Å². The van der Waals surface area contributed by atoms with E-state index < -0.39 is 29.4 Å². The third-order valence-electron chi connectivity index (χ3n) is 4.03. The molecule has 0 spiro atoms. The molecule has 2 amide bonds. The summed E-state index contributed by atoms with van der Waals surface area (Å²) in [7, 11) is 0. The number of nitrogens with one attached hydrogen (secondary N) is 2. The van der Waals surface area contributed by atoms with Crippen LogP contribution in [0.15, 0.2) is 60.8 Å². The van der Waals surface area contributed by atoms with E-state index in [2.05, 4.69) is 20.6 Å². The Balaban J connectivity index is 1.49. The third kappa shape index (κ3) is 6.00. The number of rotatable bonds is 7. The van der Waals surface area contributed by atoms with Crippen molar-refractivity contribution in [1.29, 1.82) is 0 Å². The molecule has 0 unspecified atom stereocenters. The Hall–Kier alpha value is -4.47. The highest BCUT2D eigenvalue weighted by molar-refractivity contribution is 5.94. The van der Waals surface area contributed by atoms with Crippen molar-refractivity contribution in [3.63, 3.8) is 0 Å². The van der Waals surface area contributed by atoms with Crippen LogP contribution in [0.25, 0.3) is 11.4 Å². The van der Waals surface area contributed by atoms with Crippen molar-refractivity contribution in [2.24, 2.45) is 0 Å². The molecule has 0 fully saturated rings. The minimum atomic E-state index is -1.33. The molecule has 0 bridgehead atoms. The number of aromatic hydroxyl groups is 1. The van der Waals surface area contributed by atoms with Crippen LogP contribution >= 0.6 is 0 Å². The molecule has 158 valence electrons. The van der Waals surface area contributed by atoms with Crippen LogP contribution in [0, 0.1) is 0 Å². The van der Waals surface area contributed by atoms with Gasteiger partial charge in [0.1, 0.15) is 18.7 Å². The minimum absolute atomic E-state index is 0.0980. The highest BCUT2D eigenvalue weighted by Gasteiger charge is 2.13. The quantitative estimate of drug-likeness (QED) is 0.453. The lowest BCUT2D eigenvalue weighted by molar-refractivity contribution is -0.115. The van der Waals surface area contributed by atoms with Crippen molar-refractivity contribution >= 4 is 23.7 Å². The molecule has 0 aliphatic rings. The van der Waals surface area contributed by atoms with Crippen molar-refractivity contribution in [2.75, 3.05) is 11.9 Å². The van der Waals surface area contributed by atoms with Crippen LogP contribution in [-0.2, 0) is 16.1 Å². The Labute approximate surface area is 176 Å². The van der Waals surface area contributed by atoms with Crippen molar-refractivity contribution in [1.82, 2.24) is 15.3 Å². The van der Waals surface area contributed by atoms with Gasteiger partial charge in [0.25, 0.3) is 0 Å². The van der Waals surface area contributed by atoms with E-state index in [0.29, 0.717) is 11.3 Å². The van der Waals surface area contributed by atoms with Gasteiger partial charge in [0.05, 0.1) is 0 Å². The van der Waals surface area contributed by atoms with E-state index in [0.717, 1.165) is 11.8 Å². The van der Waals surface area contributed by atoms with Gasteiger partial charge in [0.15, 0.2) is 5.82 Å². The first-order valence-corrected chi connectivity index (χ1v) is 9.06. The zero-order valence-corrected chi connectivity index (χ0v) is 16.1. The van der Waals surface area contributed by atoms with Gasteiger partial charge in [-0.2, -0.15) is 4.98 Å². The predicted molar refractivity (Wildman–Crippen MR) is 109 cm³/mol. The molecule has 0 aliphatic heterocycles. The van der Waals surface area contributed by atoms with Gasteiger partial charge in [-0.3, -0.25) is 4.79 Å². The molecule has 31 heavy (non-hydrogen) atoms. The number of ether oxygens (including phenoxy) is 1. The molecule has 3 rings (SSSR count). The van der Waals surface area contributed by atoms with Crippen molar-refractivity contribution in [3.05, 3.63) is 71.9 Å². The molecule has 0 saturated heterocycles. The van der Waals surface area contributed by atoms with Gasteiger partial charge in [-0.1, -0.05) is 30.3 Å². The van der Waals surface area contributed by atoms with E-state index in [1.165, 1.54) is 0 Å². The van der Waals surface area contributed by atoms with Crippen LogP contribution in [0.3, 0.4) is 0 Å². The molecule has 0 aliphatic carbocycles. The fourth-order valence-electron chi connectivity index (χ4n) is 2.50. The summed E-state index contributed by atoms with van der Waals surface area (Å²) >= 11 is 0. The number of aromatic carboxylic acids is 1. The number of hydrogen-bond donors (Lipinski definition) is 4. The van der Waals surface area contributed by atoms with E-state index in [-0.39, 0.29) is 19.0 Å². The second-order valence-electron chi connectivity index (χ2n) is 6.28. The molecular formula is C21H18N4O6. The number of amides is 2. The summed E-state index contributed by atoms with van der Waals surface area (Å²) in [5, 5.41) is 23.5. The fourth-order valence-corrected chi connectivity index (χ4v) is 2.50. The van der Waals surface area contributed by atoms with E-state index in [4.69, 9.17) is 9.84 Å². The number of carbonyl (C=O) groups is 3. The number of nitrogens with zero attached hydrogens (tertiary/aromatic N) is 2. The maximum atomic E-state index is 12.0. The molecule has 10 heteroatoms. The number of carboxylic acids is 1. The average molecular weight is 422 g/mol. The first-order chi connectivity index (χ1) is 14.9. The molecule has 2 aromatic carbocycles. The summed E-state index contributed by atoms with van der Waals surface area (Å²) in [6, 6.07) is 15.5. The molecule has 1 aromatic heterocycles. The Morgan fingerprint density at radius 1 is 1.00 bits per heavy atom. The van der Waals surface area contributed by atoms with Crippen molar-refractivity contribution < 1.29 is 29.3 Å². The van der Waals surface area contributed by atoms with Crippen LogP contribution in [-0.4, -0.2) is 44.7 Å². The van der Waals surface area contributed by atoms with Crippen LogP contribution in [0.2, 0.25) is 0 Å². The Kier molecular flexibility index (Phi) is 6.74. The van der Waals surface area contributed by atoms with Crippen LogP contribution in [0.1, 0.15) is 15.9 Å². The smallest absolute Gasteiger partial charge is 0.407 e. The topological polar surface area (TPSA) is 151 Å². The molecule has 0 radical (unpaired) electrons. The van der Waals surface area contributed by atoms with Gasteiger partial charge in [-0.15, -0.1) is 0 Å². The van der Waals surface area contributed by atoms with Gasteiger partial charge in [-0.05, 0) is 29.8 Å². The minimum Gasteiger partial charge on any atom is -0.493 e. The third-order valence-corrected chi connectivity index (χ3v) is 4.03. The Morgan fingerprint density at radius 2 is 1.71 bits per heavy atom. The standard InChI is InChI=1S/C21H18N4O6/c26-17(11-23-21(30)31-12-13-4-2-1-3-5-13)24-15-8-6-14(7-9-15)18-22-10-16(20(28)29)19(27)25-18/h1-10H,11-12H2,(H,23,30)(H,24,26)(H,28,29)(H,22,25,27). The summed E-state index contributed by atoms with van der Waals surface area (Å²) in [5.41, 5.74) is 1.40. The second-order valence-corrected chi connectivity index (χ2v) is 6.28. The number of carbonyl (C=O) groups excluding carboxylic acids is 2. The van der Waals surface area contributed by atoms with Gasteiger partial charge >= 0.3 is 12.1 Å². The largest absolute Gasteiger partial charge is 0.493 e. The number of hydrogen-bond acceptors (Lipinski definition) is 7. The van der Waals surface area contributed by atoms with Crippen LogP contribution in [0.5, 0.6) is 5.88 Å². The lowest BCUT2D eigenvalue weighted by atomic mass is 10.2. The average Bonchev–Trinajstić information content (AvgIpc) is 2.77. The fraction of sp³-hybridized carbons (Fsp3) is 0.0952. The molecule has 0 atom stereocenters. The van der Waals surface area contributed by atoms with Gasteiger partial charge in [-0.25, -0.2) is 14.6 Å². The van der Waals surface area contributed by atoms with E-state index >= 15 is 0 Å². The molecule has 3 aromatic rings. The summed E-state index contributed by atoms with van der Waals surface area (Å²) < 4.78 is 5.03. The SMILES string of the molecule is O=C(CNC(=O)OCc1ccccc1)Nc1ccc(-c2ncc(C(=O)O)c(O)n2)cc1. The first kappa shape index (κ1) is 21.2. The molecule has 4 N–H and O–H groups in total. The molecular weight excluding hydrogens is 404 g/mol. The number of aromatic nitrogens is 2. The maximum absolute atomic E-state index is 12.0. The zero-order valence-electron chi connectivity index (χ0n) is 16.1. The highest BCUT2D eigenvalue weighted by atomic mass is 16.5. The van der Waals surface area contributed by atoms with E-state index in [9.17, 15) is 19.5 Å². The molecule has 0 saturated carbocycles. The number of benzene rings is 2. The summed E-state index contributed by atoms with van der Waals surface area (Å²) in [4.78, 5) is 42.2. The lowest BCUT2D eigenvalue weighted by Gasteiger charge is -2.09. The Morgan fingerprint density at radius 3 is 2.35 bits per heavy atom. The summed E-state index contributed by atoms with van der Waals surface area (Å²) in [5.74, 6) is -2.30. The summed E-state index contributed by atoms with van der Waals surface area (Å²) in [6.45, 7) is -0.177.